The van der Waals surface area contributed by atoms with Crippen molar-refractivity contribution in [3.63, 3.8) is 0 Å². The van der Waals surface area contributed by atoms with Gasteiger partial charge in [-0.15, -0.1) is 0 Å². The van der Waals surface area contributed by atoms with Crippen molar-refractivity contribution in [2.24, 2.45) is 0 Å². The summed E-state index contributed by atoms with van der Waals surface area (Å²) in [5.41, 5.74) is 2.32. The molecule has 0 aliphatic rings. The number of nitro groups is 1. The van der Waals surface area contributed by atoms with Gasteiger partial charge in [0.25, 0.3) is 5.69 Å². The first kappa shape index (κ1) is 17.7. The molecule has 0 spiro atoms. The zero-order chi connectivity index (χ0) is 19.0. The lowest BCUT2D eigenvalue weighted by Crippen LogP contribution is -2.25. The number of hydrogen-bond donors (Lipinski definition) is 1. The Morgan fingerprint density at radius 3 is 2.69 bits per heavy atom. The summed E-state index contributed by atoms with van der Waals surface area (Å²) in [5, 5.41) is 14.0. The van der Waals surface area contributed by atoms with Crippen molar-refractivity contribution in [3.05, 3.63) is 67.1 Å². The van der Waals surface area contributed by atoms with Crippen molar-refractivity contribution in [1.82, 2.24) is 4.57 Å². The highest BCUT2D eigenvalue weighted by molar-refractivity contribution is 6.34. The van der Waals surface area contributed by atoms with Gasteiger partial charge < -0.3 is 9.73 Å². The number of nitrogens with zero attached hydrogens (tertiary/aromatic N) is 2. The first-order valence-electron chi connectivity index (χ1n) is 7.60. The van der Waals surface area contributed by atoms with E-state index in [2.05, 4.69) is 5.32 Å². The standard InChI is InChI=1S/C17H14ClN3O5/c1-9-5-10(2)16(12(18)6-9)19-15(22)8-20-13-7-11(21(24)25)3-4-14(13)26-17(20)23/h3-7H,8H2,1-2H3,(H,19,22). The zero-order valence-corrected chi connectivity index (χ0v) is 14.7. The Bertz CT molecular complexity index is 1080. The lowest BCUT2D eigenvalue weighted by Gasteiger charge is -2.11. The van der Waals surface area contributed by atoms with Gasteiger partial charge in [-0.2, -0.15) is 0 Å². The average Bonchev–Trinajstić information content (AvgIpc) is 2.86. The van der Waals surface area contributed by atoms with E-state index in [0.29, 0.717) is 10.7 Å². The SMILES string of the molecule is Cc1cc(C)c(NC(=O)Cn2c(=O)oc3ccc([N+](=O)[O-])cc32)c(Cl)c1. The Labute approximate surface area is 152 Å². The highest BCUT2D eigenvalue weighted by Gasteiger charge is 2.17. The van der Waals surface area contributed by atoms with Crippen LogP contribution in [0.15, 0.2) is 39.5 Å². The number of hydrogen-bond acceptors (Lipinski definition) is 5. The maximum absolute atomic E-state index is 12.4. The number of oxazole rings is 1. The Hall–Kier alpha value is -3.13. The lowest BCUT2D eigenvalue weighted by molar-refractivity contribution is -0.384. The van der Waals surface area contributed by atoms with Gasteiger partial charge in [0.2, 0.25) is 5.91 Å². The number of rotatable bonds is 4. The number of fused-ring (bicyclic) bond motifs is 1. The van der Waals surface area contributed by atoms with Crippen LogP contribution in [0.5, 0.6) is 0 Å². The second-order valence-corrected chi connectivity index (χ2v) is 6.26. The van der Waals surface area contributed by atoms with Gasteiger partial charge in [0.15, 0.2) is 5.58 Å². The third kappa shape index (κ3) is 3.31. The van der Waals surface area contributed by atoms with Crippen molar-refractivity contribution < 1.29 is 14.1 Å². The van der Waals surface area contributed by atoms with Gasteiger partial charge >= 0.3 is 5.76 Å². The van der Waals surface area contributed by atoms with Gasteiger partial charge in [0, 0.05) is 12.1 Å². The van der Waals surface area contributed by atoms with Gasteiger partial charge in [-0.1, -0.05) is 17.7 Å². The monoisotopic (exact) mass is 375 g/mol. The minimum atomic E-state index is -0.776. The summed E-state index contributed by atoms with van der Waals surface area (Å²) in [4.78, 5) is 34.7. The summed E-state index contributed by atoms with van der Waals surface area (Å²) < 4.78 is 6.06. The molecule has 8 nitrogen and oxygen atoms in total. The number of halogens is 1. The Morgan fingerprint density at radius 1 is 1.31 bits per heavy atom. The topological polar surface area (TPSA) is 107 Å². The predicted molar refractivity (Wildman–Crippen MR) is 96.7 cm³/mol. The molecule has 1 N–H and O–H groups in total. The third-order valence-electron chi connectivity index (χ3n) is 3.86. The molecule has 26 heavy (non-hydrogen) atoms. The normalized spacial score (nSPS) is 10.9. The molecule has 0 fully saturated rings. The van der Waals surface area contributed by atoms with Crippen LogP contribution >= 0.6 is 11.6 Å². The van der Waals surface area contributed by atoms with E-state index < -0.39 is 16.6 Å². The van der Waals surface area contributed by atoms with Gasteiger partial charge in [-0.05, 0) is 37.1 Å². The lowest BCUT2D eigenvalue weighted by atomic mass is 10.1. The number of aryl methyl sites for hydroxylation is 2. The molecular weight excluding hydrogens is 362 g/mol. The first-order chi connectivity index (χ1) is 12.3. The summed E-state index contributed by atoms with van der Waals surface area (Å²) >= 11 is 6.17. The van der Waals surface area contributed by atoms with E-state index in [1.807, 2.05) is 13.0 Å². The Balaban J connectivity index is 1.93. The fourth-order valence-electron chi connectivity index (χ4n) is 2.71. The maximum atomic E-state index is 12.4. The molecule has 1 heterocycles. The van der Waals surface area contributed by atoms with Crippen LogP contribution < -0.4 is 11.1 Å². The van der Waals surface area contributed by atoms with Gasteiger partial charge in [-0.3, -0.25) is 19.5 Å². The molecule has 3 aromatic rings. The van der Waals surface area contributed by atoms with E-state index in [4.69, 9.17) is 16.0 Å². The van der Waals surface area contributed by atoms with Crippen LogP contribution in [-0.2, 0) is 11.3 Å². The molecule has 0 bridgehead atoms. The minimum absolute atomic E-state index is 0.165. The third-order valence-corrected chi connectivity index (χ3v) is 4.16. The molecule has 3 rings (SSSR count). The Morgan fingerprint density at radius 2 is 2.04 bits per heavy atom. The fraction of sp³-hybridized carbons (Fsp3) is 0.176. The number of carbonyl (C=O) groups is 1. The van der Waals surface area contributed by atoms with Gasteiger partial charge in [0.1, 0.15) is 6.54 Å². The van der Waals surface area contributed by atoms with E-state index in [1.165, 1.54) is 18.2 Å². The van der Waals surface area contributed by atoms with Crippen molar-refractivity contribution >= 4 is 40.0 Å². The smallest absolute Gasteiger partial charge is 0.408 e. The quantitative estimate of drug-likeness (QED) is 0.555. The molecule has 0 aliphatic carbocycles. The van der Waals surface area contributed by atoms with Crippen LogP contribution in [0.25, 0.3) is 11.1 Å². The van der Waals surface area contributed by atoms with Crippen LogP contribution in [0, 0.1) is 24.0 Å². The molecule has 0 saturated heterocycles. The molecule has 134 valence electrons. The van der Waals surface area contributed by atoms with Crippen LogP contribution in [0.3, 0.4) is 0 Å². The summed E-state index contributed by atoms with van der Waals surface area (Å²) in [6.45, 7) is 3.32. The van der Waals surface area contributed by atoms with Crippen LogP contribution in [0.4, 0.5) is 11.4 Å². The molecule has 0 saturated carbocycles. The van der Waals surface area contributed by atoms with Gasteiger partial charge in [-0.25, -0.2) is 4.79 Å². The molecule has 1 aromatic heterocycles. The minimum Gasteiger partial charge on any atom is -0.408 e. The molecule has 0 aliphatic heterocycles. The Kier molecular flexibility index (Phi) is 4.52. The summed E-state index contributed by atoms with van der Waals surface area (Å²) in [5.74, 6) is -1.28. The zero-order valence-electron chi connectivity index (χ0n) is 13.9. The van der Waals surface area contributed by atoms with Crippen molar-refractivity contribution in [2.75, 3.05) is 5.32 Å². The molecule has 9 heteroatoms. The molecule has 0 atom stereocenters. The molecule has 0 radical (unpaired) electrons. The number of aromatic nitrogens is 1. The van der Waals surface area contributed by atoms with E-state index >= 15 is 0 Å². The molecular formula is C17H14ClN3O5. The molecule has 0 unspecified atom stereocenters. The highest BCUT2D eigenvalue weighted by Crippen LogP contribution is 2.27. The summed E-state index contributed by atoms with van der Waals surface area (Å²) in [6.07, 6.45) is 0. The van der Waals surface area contributed by atoms with E-state index in [1.54, 1.807) is 13.0 Å². The van der Waals surface area contributed by atoms with Crippen LogP contribution in [0.1, 0.15) is 11.1 Å². The van der Waals surface area contributed by atoms with Crippen LogP contribution in [0.2, 0.25) is 5.02 Å². The summed E-state index contributed by atoms with van der Waals surface area (Å²) in [6, 6.07) is 7.32. The molecule has 2 aromatic carbocycles. The number of anilines is 1. The van der Waals surface area contributed by atoms with E-state index in [0.717, 1.165) is 15.7 Å². The van der Waals surface area contributed by atoms with Crippen LogP contribution in [-0.4, -0.2) is 15.4 Å². The number of nitro benzene ring substituents is 1. The maximum Gasteiger partial charge on any atom is 0.420 e. The molecule has 1 amide bonds. The average molecular weight is 376 g/mol. The number of amides is 1. The number of non-ortho nitro benzene ring substituents is 1. The number of nitrogens with one attached hydrogen (secondary N) is 1. The van der Waals surface area contributed by atoms with Crippen molar-refractivity contribution in [3.8, 4) is 0 Å². The first-order valence-corrected chi connectivity index (χ1v) is 7.98. The van der Waals surface area contributed by atoms with E-state index in [-0.39, 0.29) is 23.3 Å². The second kappa shape index (κ2) is 6.64. The largest absolute Gasteiger partial charge is 0.420 e. The van der Waals surface area contributed by atoms with Crippen molar-refractivity contribution in [2.45, 2.75) is 20.4 Å². The fourth-order valence-corrected chi connectivity index (χ4v) is 3.08. The van der Waals surface area contributed by atoms with Crippen molar-refractivity contribution in [1.29, 1.82) is 0 Å². The second-order valence-electron chi connectivity index (χ2n) is 5.85. The van der Waals surface area contributed by atoms with Gasteiger partial charge in [0.05, 0.1) is 21.2 Å². The van der Waals surface area contributed by atoms with E-state index in [9.17, 15) is 19.7 Å². The number of benzene rings is 2. The summed E-state index contributed by atoms with van der Waals surface area (Å²) in [7, 11) is 0. The number of carbonyl (C=O) groups excluding carboxylic acids is 1. The predicted octanol–water partition coefficient (Wildman–Crippen LogP) is 3.41. The highest BCUT2D eigenvalue weighted by atomic mass is 35.5.